The lowest BCUT2D eigenvalue weighted by Gasteiger charge is -2.40. The summed E-state index contributed by atoms with van der Waals surface area (Å²) in [4.78, 5) is 0. The average molecular weight is 237 g/mol. The number of hydrogen-bond donors (Lipinski definition) is 1. The van der Waals surface area contributed by atoms with E-state index in [1.807, 2.05) is 0 Å². The van der Waals surface area contributed by atoms with Crippen LogP contribution in [0.25, 0.3) is 0 Å². The van der Waals surface area contributed by atoms with Crippen molar-refractivity contribution in [2.75, 3.05) is 6.61 Å². The summed E-state index contributed by atoms with van der Waals surface area (Å²) in [7, 11) is 0. The van der Waals surface area contributed by atoms with Crippen LogP contribution in [0.3, 0.4) is 0 Å². The highest BCUT2D eigenvalue weighted by Gasteiger charge is 2.51. The summed E-state index contributed by atoms with van der Waals surface area (Å²) >= 11 is 0. The first kappa shape index (κ1) is 12.6. The molecule has 0 bridgehead atoms. The zero-order valence-corrected chi connectivity index (χ0v) is 9.97. The van der Waals surface area contributed by atoms with Gasteiger partial charge in [-0.05, 0) is 19.3 Å². The predicted octanol–water partition coefficient (Wildman–Crippen LogP) is 1.54. The molecule has 17 heavy (non-hydrogen) atoms. The van der Waals surface area contributed by atoms with Crippen LogP contribution in [0.1, 0.15) is 32.1 Å². The van der Waals surface area contributed by atoms with Gasteiger partial charge in [0.25, 0.3) is 0 Å². The molecule has 4 heteroatoms. The van der Waals surface area contributed by atoms with E-state index in [9.17, 15) is 5.11 Å². The van der Waals surface area contributed by atoms with Crippen molar-refractivity contribution in [1.29, 1.82) is 5.26 Å². The number of ether oxygens (including phenoxy) is 2. The minimum atomic E-state index is -0.572. The molecule has 0 aromatic rings. The molecule has 2 saturated heterocycles. The second-order valence-corrected chi connectivity index (χ2v) is 4.84. The van der Waals surface area contributed by atoms with Gasteiger partial charge in [-0.3, -0.25) is 0 Å². The first-order valence-electron chi connectivity index (χ1n) is 6.17. The predicted molar refractivity (Wildman–Crippen MR) is 62.2 cm³/mol. The quantitative estimate of drug-likeness (QED) is 0.753. The van der Waals surface area contributed by atoms with Gasteiger partial charge in [-0.15, -0.1) is 6.58 Å². The molecule has 0 radical (unpaired) electrons. The highest BCUT2D eigenvalue weighted by atomic mass is 16.6. The van der Waals surface area contributed by atoms with Gasteiger partial charge in [0.05, 0.1) is 31.0 Å². The summed E-state index contributed by atoms with van der Waals surface area (Å²) in [5.41, 5.74) is -0.572. The van der Waals surface area contributed by atoms with Crippen molar-refractivity contribution in [2.45, 2.75) is 56.0 Å². The number of aliphatic hydroxyl groups excluding tert-OH is 1. The normalized spacial score (nSPS) is 40.6. The Morgan fingerprint density at radius 2 is 2.35 bits per heavy atom. The highest BCUT2D eigenvalue weighted by Crippen LogP contribution is 2.42. The monoisotopic (exact) mass is 237 g/mol. The molecule has 2 heterocycles. The number of nitriles is 1. The van der Waals surface area contributed by atoms with Gasteiger partial charge in [0.1, 0.15) is 5.60 Å². The Bertz CT molecular complexity index is 325. The Balaban J connectivity index is 2.03. The molecule has 4 atom stereocenters. The molecule has 0 spiro atoms. The van der Waals surface area contributed by atoms with E-state index < -0.39 is 5.60 Å². The molecule has 0 aliphatic carbocycles. The van der Waals surface area contributed by atoms with Crippen molar-refractivity contribution in [3.63, 3.8) is 0 Å². The van der Waals surface area contributed by atoms with Gasteiger partial charge in [-0.1, -0.05) is 6.08 Å². The van der Waals surface area contributed by atoms with Crippen molar-refractivity contribution in [2.24, 2.45) is 0 Å². The molecule has 1 N–H and O–H groups in total. The van der Waals surface area contributed by atoms with E-state index in [2.05, 4.69) is 12.6 Å². The third kappa shape index (κ3) is 2.37. The lowest BCUT2D eigenvalue weighted by Crippen LogP contribution is -2.51. The van der Waals surface area contributed by atoms with E-state index in [0.717, 1.165) is 19.3 Å². The third-order valence-electron chi connectivity index (χ3n) is 3.73. The Morgan fingerprint density at radius 3 is 3.00 bits per heavy atom. The second kappa shape index (κ2) is 5.18. The fourth-order valence-corrected chi connectivity index (χ4v) is 2.81. The molecule has 2 rings (SSSR count). The van der Waals surface area contributed by atoms with Crippen LogP contribution >= 0.6 is 0 Å². The molecule has 2 aliphatic heterocycles. The second-order valence-electron chi connectivity index (χ2n) is 4.84. The topological polar surface area (TPSA) is 62.5 Å². The molecule has 2 fully saturated rings. The summed E-state index contributed by atoms with van der Waals surface area (Å²) in [6, 6.07) is 2.14. The van der Waals surface area contributed by atoms with Crippen molar-refractivity contribution in [1.82, 2.24) is 0 Å². The number of fused-ring (bicyclic) bond motifs is 1. The molecule has 0 aromatic carbocycles. The number of rotatable bonds is 4. The Kier molecular flexibility index (Phi) is 3.82. The van der Waals surface area contributed by atoms with E-state index >= 15 is 0 Å². The van der Waals surface area contributed by atoms with Crippen LogP contribution in [0.4, 0.5) is 0 Å². The van der Waals surface area contributed by atoms with Gasteiger partial charge in [-0.2, -0.15) is 5.26 Å². The van der Waals surface area contributed by atoms with E-state index in [1.54, 1.807) is 6.08 Å². The smallest absolute Gasteiger partial charge is 0.120 e. The van der Waals surface area contributed by atoms with Crippen LogP contribution in [-0.2, 0) is 9.47 Å². The fraction of sp³-hybridized carbons (Fsp3) is 0.769. The maximum absolute atomic E-state index is 9.60. The first-order chi connectivity index (χ1) is 8.24. The van der Waals surface area contributed by atoms with E-state index in [-0.39, 0.29) is 24.9 Å². The average Bonchev–Trinajstić information content (AvgIpc) is 2.74. The van der Waals surface area contributed by atoms with Crippen molar-refractivity contribution >= 4 is 0 Å². The molecule has 94 valence electrons. The van der Waals surface area contributed by atoms with Crippen LogP contribution in [0.15, 0.2) is 12.7 Å². The summed E-state index contributed by atoms with van der Waals surface area (Å²) in [5.74, 6) is 0. The lowest BCUT2D eigenvalue weighted by molar-refractivity contribution is -0.182. The van der Waals surface area contributed by atoms with Crippen LogP contribution in [-0.4, -0.2) is 35.6 Å². The molecule has 0 amide bonds. The van der Waals surface area contributed by atoms with Gasteiger partial charge in [0.15, 0.2) is 0 Å². The third-order valence-corrected chi connectivity index (χ3v) is 3.73. The first-order valence-corrected chi connectivity index (χ1v) is 6.17. The van der Waals surface area contributed by atoms with Crippen LogP contribution in [0.5, 0.6) is 0 Å². The van der Waals surface area contributed by atoms with Gasteiger partial charge in [-0.25, -0.2) is 0 Å². The van der Waals surface area contributed by atoms with Gasteiger partial charge in [0.2, 0.25) is 0 Å². The van der Waals surface area contributed by atoms with Crippen molar-refractivity contribution in [3.8, 4) is 6.07 Å². The highest BCUT2D eigenvalue weighted by molar-refractivity contribution is 5.05. The van der Waals surface area contributed by atoms with Crippen LogP contribution < -0.4 is 0 Å². The Morgan fingerprint density at radius 1 is 1.53 bits per heavy atom. The van der Waals surface area contributed by atoms with Gasteiger partial charge < -0.3 is 14.6 Å². The zero-order chi connectivity index (χ0) is 12.3. The molecular weight excluding hydrogens is 218 g/mol. The summed E-state index contributed by atoms with van der Waals surface area (Å²) < 4.78 is 11.8. The minimum absolute atomic E-state index is 0.0228. The number of nitrogens with zero attached hydrogens (tertiary/aromatic N) is 1. The van der Waals surface area contributed by atoms with Crippen molar-refractivity contribution in [3.05, 3.63) is 12.7 Å². The number of hydrogen-bond acceptors (Lipinski definition) is 4. The van der Waals surface area contributed by atoms with Crippen LogP contribution in [0, 0.1) is 11.3 Å². The molecule has 0 saturated carbocycles. The fourth-order valence-electron chi connectivity index (χ4n) is 2.81. The summed E-state index contributed by atoms with van der Waals surface area (Å²) in [5, 5.41) is 18.2. The molecule has 4 nitrogen and oxygen atoms in total. The van der Waals surface area contributed by atoms with E-state index in [1.165, 1.54) is 0 Å². The largest absolute Gasteiger partial charge is 0.393 e. The van der Waals surface area contributed by atoms with Gasteiger partial charge in [0, 0.05) is 12.8 Å². The maximum atomic E-state index is 9.60. The van der Waals surface area contributed by atoms with Crippen LogP contribution in [0.2, 0.25) is 0 Å². The van der Waals surface area contributed by atoms with Gasteiger partial charge >= 0.3 is 0 Å². The Labute approximate surface area is 102 Å². The molecule has 0 aromatic heterocycles. The number of aliphatic hydroxyl groups is 1. The maximum Gasteiger partial charge on any atom is 0.120 e. The minimum Gasteiger partial charge on any atom is -0.393 e. The summed E-state index contributed by atoms with van der Waals surface area (Å²) in [6.07, 6.45) is 5.48. The molecular formula is C13H19NO3. The lowest BCUT2D eigenvalue weighted by atomic mass is 9.86. The summed E-state index contributed by atoms with van der Waals surface area (Å²) in [6.45, 7) is 3.71. The Hall–Kier alpha value is -0.890. The SMILES string of the molecule is C=CC1CC2(CO)OC(CCC#N)CCC2O1. The van der Waals surface area contributed by atoms with E-state index in [4.69, 9.17) is 14.7 Å². The zero-order valence-electron chi connectivity index (χ0n) is 9.97. The van der Waals surface area contributed by atoms with E-state index in [0.29, 0.717) is 12.8 Å². The standard InChI is InChI=1S/C13H19NO3/c1-2-10-8-13(9-15)12(16-10)6-5-11(17-13)4-3-7-14/h2,10-12,15H,1,3-6,8-9H2. The van der Waals surface area contributed by atoms with Crippen molar-refractivity contribution < 1.29 is 14.6 Å². The molecule has 2 aliphatic rings. The molecule has 4 unspecified atom stereocenters.